The molecule has 0 heterocycles. The highest BCUT2D eigenvalue weighted by molar-refractivity contribution is 7.89. The molecule has 1 unspecified atom stereocenters. The van der Waals surface area contributed by atoms with Crippen LogP contribution in [-0.2, 0) is 10.0 Å². The molecule has 0 radical (unpaired) electrons. The molecule has 0 aliphatic rings. The Hall–Kier alpha value is -1.07. The number of hydrogen-bond acceptors (Lipinski definition) is 2. The summed E-state index contributed by atoms with van der Waals surface area (Å²) < 4.78 is 27.1. The third-order valence-corrected chi connectivity index (χ3v) is 4.85. The molecule has 2 aromatic carbocycles. The molecule has 106 valence electrons. The third kappa shape index (κ3) is 3.73. The summed E-state index contributed by atoms with van der Waals surface area (Å²) in [5.41, 5.74) is 0.801. The molecule has 0 aliphatic carbocycles. The molecule has 0 saturated carbocycles. The molecule has 0 amide bonds. The van der Waals surface area contributed by atoms with Crippen LogP contribution in [0.25, 0.3) is 0 Å². The van der Waals surface area contributed by atoms with Crippen molar-refractivity contribution in [3.8, 4) is 0 Å². The van der Waals surface area contributed by atoms with Crippen molar-refractivity contribution in [2.45, 2.75) is 17.9 Å². The number of sulfonamides is 1. The van der Waals surface area contributed by atoms with Gasteiger partial charge in [-0.05, 0) is 48.9 Å². The molecule has 1 N–H and O–H groups in total. The van der Waals surface area contributed by atoms with Crippen LogP contribution < -0.4 is 4.72 Å². The molecule has 0 saturated heterocycles. The van der Waals surface area contributed by atoms with Crippen LogP contribution in [0.4, 0.5) is 0 Å². The Morgan fingerprint density at radius 1 is 1.00 bits per heavy atom. The van der Waals surface area contributed by atoms with Crippen LogP contribution in [0.15, 0.2) is 53.4 Å². The van der Waals surface area contributed by atoms with Gasteiger partial charge in [-0.1, -0.05) is 35.3 Å². The van der Waals surface area contributed by atoms with E-state index in [0.29, 0.717) is 10.0 Å². The Kier molecular flexibility index (Phi) is 4.70. The normalized spacial score (nSPS) is 13.2. The predicted molar refractivity (Wildman–Crippen MR) is 81.6 cm³/mol. The highest BCUT2D eigenvalue weighted by Crippen LogP contribution is 2.20. The van der Waals surface area contributed by atoms with Crippen molar-refractivity contribution in [1.29, 1.82) is 0 Å². The van der Waals surface area contributed by atoms with Crippen LogP contribution in [0, 0.1) is 0 Å². The first kappa shape index (κ1) is 15.3. The Morgan fingerprint density at radius 3 is 2.25 bits per heavy atom. The van der Waals surface area contributed by atoms with Crippen LogP contribution in [0.2, 0.25) is 10.0 Å². The lowest BCUT2D eigenvalue weighted by molar-refractivity contribution is 0.567. The maximum absolute atomic E-state index is 12.2. The first-order chi connectivity index (χ1) is 9.38. The summed E-state index contributed by atoms with van der Waals surface area (Å²) in [6, 6.07) is 12.7. The number of rotatable bonds is 4. The second kappa shape index (κ2) is 6.14. The van der Waals surface area contributed by atoms with Gasteiger partial charge in [0.2, 0.25) is 10.0 Å². The van der Waals surface area contributed by atoms with Crippen molar-refractivity contribution in [2.24, 2.45) is 0 Å². The van der Waals surface area contributed by atoms with Crippen molar-refractivity contribution >= 4 is 33.2 Å². The molecule has 0 fully saturated rings. The van der Waals surface area contributed by atoms with Crippen LogP contribution in [0.3, 0.4) is 0 Å². The lowest BCUT2D eigenvalue weighted by Crippen LogP contribution is -2.26. The zero-order valence-electron chi connectivity index (χ0n) is 10.7. The molecular weight excluding hydrogens is 317 g/mol. The number of benzene rings is 2. The van der Waals surface area contributed by atoms with E-state index in [4.69, 9.17) is 23.2 Å². The van der Waals surface area contributed by atoms with E-state index < -0.39 is 10.0 Å². The van der Waals surface area contributed by atoms with Crippen molar-refractivity contribution in [2.75, 3.05) is 0 Å². The van der Waals surface area contributed by atoms with Crippen LogP contribution in [0.5, 0.6) is 0 Å². The highest BCUT2D eigenvalue weighted by atomic mass is 35.5. The van der Waals surface area contributed by atoms with Crippen molar-refractivity contribution < 1.29 is 8.42 Å². The van der Waals surface area contributed by atoms with Gasteiger partial charge in [0.1, 0.15) is 0 Å². The van der Waals surface area contributed by atoms with Gasteiger partial charge in [-0.15, -0.1) is 0 Å². The van der Waals surface area contributed by atoms with Crippen molar-refractivity contribution in [3.63, 3.8) is 0 Å². The minimum atomic E-state index is -3.59. The molecule has 2 aromatic rings. The van der Waals surface area contributed by atoms with E-state index in [0.717, 1.165) is 5.56 Å². The highest BCUT2D eigenvalue weighted by Gasteiger charge is 2.18. The van der Waals surface area contributed by atoms with Gasteiger partial charge in [0, 0.05) is 16.1 Å². The van der Waals surface area contributed by atoms with Gasteiger partial charge in [-0.2, -0.15) is 0 Å². The lowest BCUT2D eigenvalue weighted by atomic mass is 10.1. The molecule has 3 nitrogen and oxygen atoms in total. The summed E-state index contributed by atoms with van der Waals surface area (Å²) in [7, 11) is -3.59. The van der Waals surface area contributed by atoms with E-state index in [1.54, 1.807) is 37.3 Å². The molecule has 20 heavy (non-hydrogen) atoms. The number of halogens is 2. The maximum Gasteiger partial charge on any atom is 0.241 e. The van der Waals surface area contributed by atoms with Crippen LogP contribution >= 0.6 is 23.2 Å². The Bertz CT molecular complexity index is 699. The topological polar surface area (TPSA) is 46.2 Å². The zero-order chi connectivity index (χ0) is 14.8. The smallest absolute Gasteiger partial charge is 0.207 e. The van der Waals surface area contributed by atoms with E-state index in [1.807, 2.05) is 6.07 Å². The molecule has 6 heteroatoms. The van der Waals surface area contributed by atoms with Crippen molar-refractivity contribution in [1.82, 2.24) is 4.72 Å². The van der Waals surface area contributed by atoms with Crippen LogP contribution in [0.1, 0.15) is 18.5 Å². The standard InChI is InChI=1S/C14H13Cl2NO2S/c1-10(11-3-2-4-13(16)9-11)17-20(18,19)14-7-5-12(15)6-8-14/h2-10,17H,1H3. The summed E-state index contributed by atoms with van der Waals surface area (Å²) in [5, 5.41) is 1.06. The molecule has 0 aromatic heterocycles. The summed E-state index contributed by atoms with van der Waals surface area (Å²) in [6.45, 7) is 1.76. The summed E-state index contributed by atoms with van der Waals surface area (Å²) >= 11 is 11.7. The minimum absolute atomic E-state index is 0.177. The average molecular weight is 330 g/mol. The lowest BCUT2D eigenvalue weighted by Gasteiger charge is -2.15. The third-order valence-electron chi connectivity index (χ3n) is 2.80. The van der Waals surface area contributed by atoms with Gasteiger partial charge >= 0.3 is 0 Å². The van der Waals surface area contributed by atoms with E-state index in [9.17, 15) is 8.42 Å². The predicted octanol–water partition coefficient (Wildman–Crippen LogP) is 4.03. The van der Waals surface area contributed by atoms with Gasteiger partial charge in [0.25, 0.3) is 0 Å². The van der Waals surface area contributed by atoms with E-state index in [1.165, 1.54) is 12.1 Å². The second-order valence-corrected chi connectivity index (χ2v) is 6.94. The monoisotopic (exact) mass is 329 g/mol. The number of hydrogen-bond donors (Lipinski definition) is 1. The average Bonchev–Trinajstić information content (AvgIpc) is 2.38. The second-order valence-electron chi connectivity index (χ2n) is 4.35. The van der Waals surface area contributed by atoms with Gasteiger partial charge < -0.3 is 0 Å². The van der Waals surface area contributed by atoms with Gasteiger partial charge in [0.05, 0.1) is 4.90 Å². The Balaban J connectivity index is 2.22. The van der Waals surface area contributed by atoms with E-state index in [2.05, 4.69) is 4.72 Å². The summed E-state index contributed by atoms with van der Waals surface area (Å²) in [5.74, 6) is 0. The largest absolute Gasteiger partial charge is 0.241 e. The SMILES string of the molecule is CC(NS(=O)(=O)c1ccc(Cl)cc1)c1cccc(Cl)c1. The van der Waals surface area contributed by atoms with Gasteiger partial charge in [-0.25, -0.2) is 13.1 Å². The van der Waals surface area contributed by atoms with Gasteiger partial charge in [0.15, 0.2) is 0 Å². The Labute approximate surface area is 128 Å². The molecule has 0 bridgehead atoms. The zero-order valence-corrected chi connectivity index (χ0v) is 13.0. The first-order valence-corrected chi connectivity index (χ1v) is 8.16. The molecule has 2 rings (SSSR count). The van der Waals surface area contributed by atoms with Crippen molar-refractivity contribution in [3.05, 3.63) is 64.1 Å². The maximum atomic E-state index is 12.2. The molecule has 0 spiro atoms. The summed E-state index contributed by atoms with van der Waals surface area (Å²) in [4.78, 5) is 0.177. The fraction of sp³-hybridized carbons (Fsp3) is 0.143. The van der Waals surface area contributed by atoms with E-state index in [-0.39, 0.29) is 10.9 Å². The van der Waals surface area contributed by atoms with E-state index >= 15 is 0 Å². The molecule has 0 aliphatic heterocycles. The Morgan fingerprint density at radius 2 is 1.65 bits per heavy atom. The molecular formula is C14H13Cl2NO2S. The quantitative estimate of drug-likeness (QED) is 0.920. The summed E-state index contributed by atoms with van der Waals surface area (Å²) in [6.07, 6.45) is 0. The fourth-order valence-corrected chi connectivity index (χ4v) is 3.32. The van der Waals surface area contributed by atoms with Crippen LogP contribution in [-0.4, -0.2) is 8.42 Å². The molecule has 1 atom stereocenters. The fourth-order valence-electron chi connectivity index (χ4n) is 1.76. The minimum Gasteiger partial charge on any atom is -0.207 e. The van der Waals surface area contributed by atoms with Gasteiger partial charge in [-0.3, -0.25) is 0 Å². The first-order valence-electron chi connectivity index (χ1n) is 5.92. The number of nitrogens with one attached hydrogen (secondary N) is 1.